The SMILES string of the molecule is CC(C)c1nc(N2CCN(C(=O)c3ccccc3)CC2)c2c3c(sc2n1)CCCCC3. The molecule has 1 aliphatic heterocycles. The molecule has 0 unspecified atom stereocenters. The Bertz CT molecular complexity index is 1080. The van der Waals surface area contributed by atoms with Crippen LogP contribution in [0.25, 0.3) is 10.2 Å². The molecule has 31 heavy (non-hydrogen) atoms. The molecule has 2 aliphatic rings. The van der Waals surface area contributed by atoms with Crippen LogP contribution in [0.3, 0.4) is 0 Å². The third kappa shape index (κ3) is 3.93. The lowest BCUT2D eigenvalue weighted by atomic mass is 10.1. The van der Waals surface area contributed by atoms with Gasteiger partial charge in [-0.1, -0.05) is 38.5 Å². The Morgan fingerprint density at radius 1 is 0.968 bits per heavy atom. The van der Waals surface area contributed by atoms with Crippen molar-refractivity contribution in [2.45, 2.75) is 51.9 Å². The average molecular weight is 435 g/mol. The zero-order valence-corrected chi connectivity index (χ0v) is 19.2. The highest BCUT2D eigenvalue weighted by molar-refractivity contribution is 7.19. The minimum atomic E-state index is 0.125. The fraction of sp³-hybridized carbons (Fsp3) is 0.480. The maximum atomic E-state index is 12.9. The topological polar surface area (TPSA) is 49.3 Å². The molecule has 0 N–H and O–H groups in total. The first-order valence-corrected chi connectivity index (χ1v) is 12.3. The van der Waals surface area contributed by atoms with E-state index < -0.39 is 0 Å². The van der Waals surface area contributed by atoms with Gasteiger partial charge in [-0.05, 0) is 43.4 Å². The summed E-state index contributed by atoms with van der Waals surface area (Å²) in [4.78, 5) is 30.0. The van der Waals surface area contributed by atoms with Crippen molar-refractivity contribution >= 4 is 33.3 Å². The van der Waals surface area contributed by atoms with E-state index in [1.165, 1.54) is 41.5 Å². The van der Waals surface area contributed by atoms with Crippen molar-refractivity contribution in [1.82, 2.24) is 14.9 Å². The quantitative estimate of drug-likeness (QED) is 0.542. The Balaban J connectivity index is 1.46. The van der Waals surface area contributed by atoms with Gasteiger partial charge in [-0.15, -0.1) is 11.3 Å². The van der Waals surface area contributed by atoms with Crippen LogP contribution in [0.15, 0.2) is 30.3 Å². The highest BCUT2D eigenvalue weighted by Gasteiger charge is 2.27. The van der Waals surface area contributed by atoms with E-state index in [0.717, 1.165) is 54.6 Å². The van der Waals surface area contributed by atoms with E-state index in [1.807, 2.05) is 46.6 Å². The summed E-state index contributed by atoms with van der Waals surface area (Å²) >= 11 is 1.88. The molecule has 1 amide bonds. The van der Waals surface area contributed by atoms with Crippen molar-refractivity contribution in [2.24, 2.45) is 0 Å². The van der Waals surface area contributed by atoms with Gasteiger partial charge in [0.25, 0.3) is 5.91 Å². The smallest absolute Gasteiger partial charge is 0.253 e. The van der Waals surface area contributed by atoms with Gasteiger partial charge in [-0.2, -0.15) is 0 Å². The predicted octanol–water partition coefficient (Wildman–Crippen LogP) is 5.05. The van der Waals surface area contributed by atoms with Crippen LogP contribution in [0.1, 0.15) is 65.7 Å². The summed E-state index contributed by atoms with van der Waals surface area (Å²) in [5, 5.41) is 1.29. The van der Waals surface area contributed by atoms with Crippen LogP contribution in [0.5, 0.6) is 0 Å². The molecule has 1 fully saturated rings. The molecule has 0 saturated carbocycles. The number of carbonyl (C=O) groups excluding carboxylic acids is 1. The molecule has 0 radical (unpaired) electrons. The molecule has 0 spiro atoms. The Labute approximate surface area is 188 Å². The zero-order valence-electron chi connectivity index (χ0n) is 18.4. The fourth-order valence-electron chi connectivity index (χ4n) is 4.70. The number of rotatable bonds is 3. The number of anilines is 1. The maximum Gasteiger partial charge on any atom is 0.253 e. The first kappa shape index (κ1) is 20.4. The number of amides is 1. The van der Waals surface area contributed by atoms with Crippen LogP contribution in [-0.4, -0.2) is 47.0 Å². The molecule has 1 aromatic carbocycles. The molecular formula is C25H30N4OS. The second-order valence-corrected chi connectivity index (χ2v) is 10.0. The number of carbonyl (C=O) groups is 1. The van der Waals surface area contributed by atoms with Crippen LogP contribution in [0.2, 0.25) is 0 Å². The zero-order chi connectivity index (χ0) is 21.4. The monoisotopic (exact) mass is 434 g/mol. The molecule has 1 aliphatic carbocycles. The van der Waals surface area contributed by atoms with Crippen molar-refractivity contribution in [2.75, 3.05) is 31.1 Å². The maximum absolute atomic E-state index is 12.9. The van der Waals surface area contributed by atoms with Gasteiger partial charge in [-0.3, -0.25) is 4.79 Å². The lowest BCUT2D eigenvalue weighted by Crippen LogP contribution is -2.49. The Morgan fingerprint density at radius 2 is 1.71 bits per heavy atom. The van der Waals surface area contributed by atoms with Gasteiger partial charge in [0, 0.05) is 42.5 Å². The number of aryl methyl sites for hydroxylation is 2. The van der Waals surface area contributed by atoms with Gasteiger partial charge in [0.05, 0.1) is 5.39 Å². The third-order valence-electron chi connectivity index (χ3n) is 6.47. The first-order chi connectivity index (χ1) is 15.1. The van der Waals surface area contributed by atoms with Gasteiger partial charge in [-0.25, -0.2) is 9.97 Å². The van der Waals surface area contributed by atoms with Crippen molar-refractivity contribution in [3.05, 3.63) is 52.2 Å². The molecule has 5 nitrogen and oxygen atoms in total. The van der Waals surface area contributed by atoms with E-state index >= 15 is 0 Å². The standard InChI is InChI=1S/C25H30N4OS/c1-17(2)22-26-23(21-19-11-7-4-8-12-20(19)31-24(21)27-22)28-13-15-29(16-14-28)25(30)18-9-5-3-6-10-18/h3,5-6,9-10,17H,4,7-8,11-16H2,1-2H3. The number of hydrogen-bond acceptors (Lipinski definition) is 5. The second kappa shape index (κ2) is 8.58. The number of piperazine rings is 1. The number of benzene rings is 1. The summed E-state index contributed by atoms with van der Waals surface area (Å²) in [6.07, 6.45) is 6.15. The molecule has 1 saturated heterocycles. The van der Waals surface area contributed by atoms with E-state index in [1.54, 1.807) is 0 Å². The van der Waals surface area contributed by atoms with E-state index in [-0.39, 0.29) is 5.91 Å². The fourth-order valence-corrected chi connectivity index (χ4v) is 5.97. The molecule has 162 valence electrons. The molecule has 0 atom stereocenters. The molecule has 3 aromatic rings. The Hall–Kier alpha value is -2.47. The number of nitrogens with zero attached hydrogens (tertiary/aromatic N) is 4. The summed E-state index contributed by atoms with van der Waals surface area (Å²) in [7, 11) is 0. The lowest BCUT2D eigenvalue weighted by molar-refractivity contribution is 0.0746. The van der Waals surface area contributed by atoms with Crippen molar-refractivity contribution in [1.29, 1.82) is 0 Å². The molecule has 6 heteroatoms. The second-order valence-electron chi connectivity index (χ2n) is 8.95. The van der Waals surface area contributed by atoms with Gasteiger partial charge in [0.2, 0.25) is 0 Å². The summed E-state index contributed by atoms with van der Waals surface area (Å²) in [6, 6.07) is 9.61. The molecule has 0 bridgehead atoms. The van der Waals surface area contributed by atoms with Gasteiger partial charge >= 0.3 is 0 Å². The van der Waals surface area contributed by atoms with Crippen molar-refractivity contribution < 1.29 is 4.79 Å². The van der Waals surface area contributed by atoms with E-state index in [4.69, 9.17) is 9.97 Å². The summed E-state index contributed by atoms with van der Waals surface area (Å²) < 4.78 is 0. The average Bonchev–Trinajstić information content (AvgIpc) is 2.99. The highest BCUT2D eigenvalue weighted by atomic mass is 32.1. The van der Waals surface area contributed by atoms with Crippen molar-refractivity contribution in [3.8, 4) is 0 Å². The Kier molecular flexibility index (Phi) is 5.65. The van der Waals surface area contributed by atoms with Crippen LogP contribution in [-0.2, 0) is 12.8 Å². The van der Waals surface area contributed by atoms with E-state index in [0.29, 0.717) is 5.92 Å². The van der Waals surface area contributed by atoms with Crippen LogP contribution < -0.4 is 4.90 Å². The lowest BCUT2D eigenvalue weighted by Gasteiger charge is -2.36. The summed E-state index contributed by atoms with van der Waals surface area (Å²) in [5.74, 6) is 2.45. The Morgan fingerprint density at radius 3 is 2.45 bits per heavy atom. The third-order valence-corrected chi connectivity index (χ3v) is 7.65. The highest BCUT2D eigenvalue weighted by Crippen LogP contribution is 2.40. The van der Waals surface area contributed by atoms with Crippen LogP contribution in [0, 0.1) is 0 Å². The minimum Gasteiger partial charge on any atom is -0.352 e. The predicted molar refractivity (Wildman–Crippen MR) is 127 cm³/mol. The largest absolute Gasteiger partial charge is 0.352 e. The normalized spacial score (nSPS) is 17.1. The number of hydrogen-bond donors (Lipinski definition) is 0. The summed E-state index contributed by atoms with van der Waals surface area (Å²) in [5.41, 5.74) is 2.26. The van der Waals surface area contributed by atoms with E-state index in [9.17, 15) is 4.79 Å². The number of fused-ring (bicyclic) bond motifs is 3. The van der Waals surface area contributed by atoms with E-state index in [2.05, 4.69) is 18.7 Å². The van der Waals surface area contributed by atoms with Gasteiger partial charge in [0.15, 0.2) is 0 Å². The van der Waals surface area contributed by atoms with Crippen LogP contribution >= 0.6 is 11.3 Å². The number of aromatic nitrogens is 2. The summed E-state index contributed by atoms with van der Waals surface area (Å²) in [6.45, 7) is 7.41. The number of thiophene rings is 1. The molecular weight excluding hydrogens is 404 g/mol. The van der Waals surface area contributed by atoms with Gasteiger partial charge < -0.3 is 9.80 Å². The molecule has 3 heterocycles. The molecule has 2 aromatic heterocycles. The van der Waals surface area contributed by atoms with Gasteiger partial charge in [0.1, 0.15) is 16.5 Å². The van der Waals surface area contributed by atoms with Crippen molar-refractivity contribution in [3.63, 3.8) is 0 Å². The first-order valence-electron chi connectivity index (χ1n) is 11.5. The van der Waals surface area contributed by atoms with Crippen LogP contribution in [0.4, 0.5) is 5.82 Å². The molecule has 5 rings (SSSR count). The minimum absolute atomic E-state index is 0.125.